The smallest absolute Gasteiger partial charge is 0.410 e. The molecule has 1 saturated heterocycles. The topological polar surface area (TPSA) is 106 Å². The molecule has 5 rings (SSSR count). The molecule has 0 saturated carbocycles. The molecule has 1 unspecified atom stereocenters. The third-order valence-electron chi connectivity index (χ3n) is 6.97. The fraction of sp³-hybridized carbons (Fsp3) is 0.357. The van der Waals surface area contributed by atoms with Gasteiger partial charge in [-0.2, -0.15) is 0 Å². The zero-order chi connectivity index (χ0) is 28.3. The van der Waals surface area contributed by atoms with Crippen LogP contribution in [-0.2, 0) is 38.9 Å². The molecule has 0 bridgehead atoms. The number of ether oxygens (including phenoxy) is 2. The summed E-state index contributed by atoms with van der Waals surface area (Å²) in [5.41, 5.74) is 2.94. The molecule has 40 heavy (non-hydrogen) atoms. The molecule has 0 aliphatic carbocycles. The van der Waals surface area contributed by atoms with Crippen LogP contribution in [0.2, 0.25) is 5.02 Å². The highest BCUT2D eigenvalue weighted by Gasteiger charge is 2.37. The highest BCUT2D eigenvalue weighted by molar-refractivity contribution is 7.90. The number of amides is 1. The van der Waals surface area contributed by atoms with Gasteiger partial charge in [-0.05, 0) is 17.2 Å². The van der Waals surface area contributed by atoms with E-state index in [9.17, 15) is 13.2 Å². The number of carbonyl (C=O) groups excluding carboxylic acids is 1. The Morgan fingerprint density at radius 2 is 1.90 bits per heavy atom. The van der Waals surface area contributed by atoms with Gasteiger partial charge in [0.1, 0.15) is 18.5 Å². The number of piperazine rings is 1. The van der Waals surface area contributed by atoms with Crippen LogP contribution in [0.3, 0.4) is 0 Å². The SMILES string of the molecule is [C-]#[N+]C[C@H]1CN(c2nc(S(C)(=O)=O)nc3c2COC(c2ccccc2Cl)C3)CCN1C(=O)OCc1ccccc1. The molecule has 0 spiro atoms. The van der Waals surface area contributed by atoms with Crippen LogP contribution in [0.25, 0.3) is 4.85 Å². The summed E-state index contributed by atoms with van der Waals surface area (Å²) in [7, 11) is -3.72. The van der Waals surface area contributed by atoms with Crippen LogP contribution < -0.4 is 4.90 Å². The van der Waals surface area contributed by atoms with Gasteiger partial charge in [0.2, 0.25) is 21.5 Å². The lowest BCUT2D eigenvalue weighted by Gasteiger charge is -2.40. The van der Waals surface area contributed by atoms with Crippen LogP contribution in [-0.4, -0.2) is 67.9 Å². The van der Waals surface area contributed by atoms with Gasteiger partial charge in [0.05, 0.1) is 18.4 Å². The Hall–Kier alpha value is -3.72. The average molecular weight is 582 g/mol. The van der Waals surface area contributed by atoms with Gasteiger partial charge in [-0.25, -0.2) is 29.8 Å². The van der Waals surface area contributed by atoms with Crippen molar-refractivity contribution in [2.75, 3.05) is 37.3 Å². The van der Waals surface area contributed by atoms with E-state index in [0.29, 0.717) is 35.1 Å². The normalized spacial score (nSPS) is 19.0. The van der Waals surface area contributed by atoms with Gasteiger partial charge in [0.15, 0.2) is 0 Å². The predicted octanol–water partition coefficient (Wildman–Crippen LogP) is 4.09. The number of benzene rings is 2. The van der Waals surface area contributed by atoms with E-state index < -0.39 is 22.0 Å². The van der Waals surface area contributed by atoms with E-state index in [4.69, 9.17) is 27.6 Å². The first-order valence-electron chi connectivity index (χ1n) is 12.8. The number of nitrogens with zero attached hydrogens (tertiary/aromatic N) is 5. The standard InChI is InChI=1S/C28H28ClN5O5S/c1-30-15-20-16-33(12-13-34(20)28(35)39-17-19-8-4-3-5-9-19)26-22-18-38-25(21-10-6-7-11-23(21)29)14-24(22)31-27(32-26)40(2,36)37/h3-11,20,25H,12-18H2,2H3/t20-,25?/m0/s1. The maximum atomic E-state index is 13.0. The molecular weight excluding hydrogens is 554 g/mol. The highest BCUT2D eigenvalue weighted by Crippen LogP contribution is 2.37. The molecule has 10 nitrogen and oxygen atoms in total. The molecular formula is C28H28ClN5O5S. The maximum absolute atomic E-state index is 13.0. The zero-order valence-electron chi connectivity index (χ0n) is 21.9. The van der Waals surface area contributed by atoms with E-state index in [1.165, 1.54) is 0 Å². The van der Waals surface area contributed by atoms with Crippen molar-refractivity contribution in [3.05, 3.63) is 93.4 Å². The summed E-state index contributed by atoms with van der Waals surface area (Å²) in [6.45, 7) is 8.75. The molecule has 0 radical (unpaired) electrons. The fourth-order valence-corrected chi connectivity index (χ4v) is 5.73. The van der Waals surface area contributed by atoms with Gasteiger partial charge < -0.3 is 19.2 Å². The number of sulfone groups is 1. The van der Waals surface area contributed by atoms with Gasteiger partial charge in [-0.3, -0.25) is 4.90 Å². The lowest BCUT2D eigenvalue weighted by Crippen LogP contribution is -2.57. The van der Waals surface area contributed by atoms with Crippen molar-refractivity contribution < 1.29 is 22.7 Å². The molecule has 1 amide bonds. The van der Waals surface area contributed by atoms with E-state index in [1.807, 2.05) is 53.4 Å². The summed E-state index contributed by atoms with van der Waals surface area (Å²) < 4.78 is 36.8. The number of hydrogen-bond acceptors (Lipinski definition) is 8. The second kappa shape index (κ2) is 11.8. The second-order valence-electron chi connectivity index (χ2n) is 9.73. The molecule has 208 valence electrons. The third kappa shape index (κ3) is 6.04. The van der Waals surface area contributed by atoms with Gasteiger partial charge in [-0.1, -0.05) is 60.1 Å². The van der Waals surface area contributed by atoms with Gasteiger partial charge >= 0.3 is 6.09 Å². The van der Waals surface area contributed by atoms with E-state index in [1.54, 1.807) is 11.0 Å². The first kappa shape index (κ1) is 27.8. The number of fused-ring (bicyclic) bond motifs is 1. The minimum atomic E-state index is -3.72. The Morgan fingerprint density at radius 3 is 2.62 bits per heavy atom. The Balaban J connectivity index is 1.40. The van der Waals surface area contributed by atoms with Crippen molar-refractivity contribution in [1.29, 1.82) is 0 Å². The monoisotopic (exact) mass is 581 g/mol. The Labute approximate surface area is 238 Å². The average Bonchev–Trinajstić information content (AvgIpc) is 2.95. The molecule has 3 heterocycles. The highest BCUT2D eigenvalue weighted by atomic mass is 35.5. The molecule has 2 aliphatic rings. The minimum Gasteiger partial charge on any atom is -0.445 e. The van der Waals surface area contributed by atoms with E-state index >= 15 is 0 Å². The number of aromatic nitrogens is 2. The van der Waals surface area contributed by atoms with Crippen molar-refractivity contribution in [1.82, 2.24) is 14.9 Å². The van der Waals surface area contributed by atoms with Crippen LogP contribution >= 0.6 is 11.6 Å². The van der Waals surface area contributed by atoms with Crippen LogP contribution in [0.1, 0.15) is 28.5 Å². The quantitative estimate of drug-likeness (QED) is 0.316. The molecule has 3 aromatic rings. The Bertz CT molecular complexity index is 1550. The van der Waals surface area contributed by atoms with Crippen LogP contribution in [0.4, 0.5) is 10.6 Å². The summed E-state index contributed by atoms with van der Waals surface area (Å²) in [6, 6.07) is 16.3. The number of hydrogen-bond donors (Lipinski definition) is 0. The van der Waals surface area contributed by atoms with Gasteiger partial charge in [0, 0.05) is 42.9 Å². The van der Waals surface area contributed by atoms with Crippen molar-refractivity contribution in [3.8, 4) is 0 Å². The lowest BCUT2D eigenvalue weighted by molar-refractivity contribution is 0.0256. The molecule has 0 N–H and O–H groups in total. The summed E-state index contributed by atoms with van der Waals surface area (Å²) >= 11 is 6.40. The fourth-order valence-electron chi connectivity index (χ4n) is 4.95. The number of carbonyl (C=O) groups is 1. The molecule has 2 aliphatic heterocycles. The zero-order valence-corrected chi connectivity index (χ0v) is 23.4. The summed E-state index contributed by atoms with van der Waals surface area (Å²) in [6.07, 6.45) is 0.521. The van der Waals surface area contributed by atoms with Crippen molar-refractivity contribution in [2.45, 2.75) is 36.9 Å². The van der Waals surface area contributed by atoms with E-state index in [2.05, 4.69) is 14.8 Å². The lowest BCUT2D eigenvalue weighted by atomic mass is 9.99. The van der Waals surface area contributed by atoms with E-state index in [-0.39, 0.29) is 44.1 Å². The number of anilines is 1. The van der Waals surface area contributed by atoms with Crippen LogP contribution in [0, 0.1) is 6.57 Å². The maximum Gasteiger partial charge on any atom is 0.410 e. The van der Waals surface area contributed by atoms with Crippen LogP contribution in [0.5, 0.6) is 0 Å². The Morgan fingerprint density at radius 1 is 1.15 bits per heavy atom. The number of rotatable bonds is 6. The van der Waals surface area contributed by atoms with Gasteiger partial charge in [-0.15, -0.1) is 0 Å². The third-order valence-corrected chi connectivity index (χ3v) is 8.16. The Kier molecular flexibility index (Phi) is 8.21. The summed E-state index contributed by atoms with van der Waals surface area (Å²) in [4.78, 5) is 28.8. The molecule has 1 aromatic heterocycles. The van der Waals surface area contributed by atoms with Gasteiger partial charge in [0.25, 0.3) is 0 Å². The van der Waals surface area contributed by atoms with Crippen molar-refractivity contribution in [3.63, 3.8) is 0 Å². The number of halogens is 1. The largest absolute Gasteiger partial charge is 0.445 e. The molecule has 2 aromatic carbocycles. The molecule has 12 heteroatoms. The second-order valence-corrected chi connectivity index (χ2v) is 12.0. The molecule has 1 fully saturated rings. The first-order chi connectivity index (χ1) is 19.2. The summed E-state index contributed by atoms with van der Waals surface area (Å²) in [5, 5.41) is 0.290. The van der Waals surface area contributed by atoms with Crippen molar-refractivity contribution in [2.24, 2.45) is 0 Å². The molecule has 2 atom stereocenters. The minimum absolute atomic E-state index is 0.0637. The van der Waals surface area contributed by atoms with Crippen molar-refractivity contribution >= 4 is 33.3 Å². The first-order valence-corrected chi connectivity index (χ1v) is 15.0. The van der Waals surface area contributed by atoms with E-state index in [0.717, 1.165) is 17.4 Å². The van der Waals surface area contributed by atoms with Crippen LogP contribution in [0.15, 0.2) is 59.8 Å². The predicted molar refractivity (Wildman–Crippen MR) is 149 cm³/mol. The summed E-state index contributed by atoms with van der Waals surface area (Å²) in [5.74, 6) is 0.440.